The zero-order valence-electron chi connectivity index (χ0n) is 16.0. The van der Waals surface area contributed by atoms with E-state index in [1.54, 1.807) is 0 Å². The highest BCUT2D eigenvalue weighted by atomic mass is 16.5. The van der Waals surface area contributed by atoms with E-state index in [4.69, 9.17) is 9.15 Å². The number of carboxylic acid groups (broad SMARTS) is 1. The lowest BCUT2D eigenvalue weighted by molar-refractivity contribution is -0.145. The highest BCUT2D eigenvalue weighted by Gasteiger charge is 2.30. The van der Waals surface area contributed by atoms with E-state index in [2.05, 4.69) is 10.3 Å². The van der Waals surface area contributed by atoms with Gasteiger partial charge >= 0.3 is 5.97 Å². The van der Waals surface area contributed by atoms with Gasteiger partial charge in [-0.1, -0.05) is 30.3 Å². The monoisotopic (exact) mass is 386 g/mol. The zero-order chi connectivity index (χ0) is 19.9. The molecule has 1 aromatic carbocycles. The van der Waals surface area contributed by atoms with Gasteiger partial charge in [0.15, 0.2) is 11.7 Å². The van der Waals surface area contributed by atoms with Crippen molar-refractivity contribution in [1.29, 1.82) is 0 Å². The lowest BCUT2D eigenvalue weighted by Crippen LogP contribution is -2.39. The van der Waals surface area contributed by atoms with E-state index in [9.17, 15) is 14.7 Å². The van der Waals surface area contributed by atoms with Crippen molar-refractivity contribution < 1.29 is 23.8 Å². The van der Waals surface area contributed by atoms with Gasteiger partial charge < -0.3 is 19.6 Å². The maximum atomic E-state index is 12.2. The van der Waals surface area contributed by atoms with Crippen LogP contribution < -0.4 is 5.32 Å². The Balaban J connectivity index is 1.51. The van der Waals surface area contributed by atoms with E-state index in [1.165, 1.54) is 0 Å². The number of hydrogen-bond acceptors (Lipinski definition) is 5. The minimum atomic E-state index is -0.872. The van der Waals surface area contributed by atoms with E-state index in [1.807, 2.05) is 37.3 Å². The van der Waals surface area contributed by atoms with Crippen molar-refractivity contribution in [1.82, 2.24) is 10.3 Å². The molecule has 1 atom stereocenters. The molecule has 1 aliphatic rings. The molecule has 2 aromatic rings. The summed E-state index contributed by atoms with van der Waals surface area (Å²) in [5.74, 6) is -0.401. The number of hydrogen-bond donors (Lipinski definition) is 2. The summed E-state index contributed by atoms with van der Waals surface area (Å²) in [6, 6.07) is 9.70. The number of carbonyl (C=O) groups excluding carboxylic acids is 1. The number of carboxylic acids is 1. The number of amides is 1. The molecule has 1 unspecified atom stereocenters. The molecule has 150 valence electrons. The van der Waals surface area contributed by atoms with Crippen LogP contribution in [0.3, 0.4) is 0 Å². The van der Waals surface area contributed by atoms with E-state index in [0.717, 1.165) is 11.3 Å². The predicted molar refractivity (Wildman–Crippen MR) is 103 cm³/mol. The molecule has 28 heavy (non-hydrogen) atoms. The topological polar surface area (TPSA) is 102 Å². The second-order valence-corrected chi connectivity index (χ2v) is 7.09. The molecule has 1 aliphatic heterocycles. The molecule has 1 fully saturated rings. The third-order valence-corrected chi connectivity index (χ3v) is 5.11. The maximum absolute atomic E-state index is 12.2. The van der Waals surface area contributed by atoms with Crippen LogP contribution in [0.15, 0.2) is 34.7 Å². The van der Waals surface area contributed by atoms with Crippen molar-refractivity contribution in [2.24, 2.45) is 11.8 Å². The Morgan fingerprint density at radius 1 is 1.25 bits per heavy atom. The first kappa shape index (κ1) is 20.1. The molecule has 0 saturated carbocycles. The lowest BCUT2D eigenvalue weighted by Gasteiger charge is -2.27. The third kappa shape index (κ3) is 5.19. The molecule has 0 aliphatic carbocycles. The first-order valence-corrected chi connectivity index (χ1v) is 9.63. The second kappa shape index (κ2) is 9.50. The fraction of sp³-hybridized carbons (Fsp3) is 0.476. The van der Waals surface area contributed by atoms with Crippen molar-refractivity contribution >= 4 is 11.9 Å². The van der Waals surface area contributed by atoms with Crippen molar-refractivity contribution in [3.8, 4) is 11.3 Å². The summed E-state index contributed by atoms with van der Waals surface area (Å²) in [5.41, 5.74) is 1.73. The van der Waals surface area contributed by atoms with E-state index in [0.29, 0.717) is 44.1 Å². The zero-order valence-corrected chi connectivity index (χ0v) is 16.0. The molecule has 2 N–H and O–H groups in total. The van der Waals surface area contributed by atoms with Gasteiger partial charge in [0.2, 0.25) is 5.91 Å². The largest absolute Gasteiger partial charge is 0.481 e. The SMILES string of the molecule is Cc1nc(CCC(=O)NCC(C(=O)O)C2CCOCC2)oc1-c1ccccc1. The van der Waals surface area contributed by atoms with E-state index >= 15 is 0 Å². The number of nitrogens with one attached hydrogen (secondary N) is 1. The summed E-state index contributed by atoms with van der Waals surface area (Å²) in [5, 5.41) is 12.2. The van der Waals surface area contributed by atoms with E-state index < -0.39 is 11.9 Å². The molecule has 0 bridgehead atoms. The Morgan fingerprint density at radius 3 is 2.64 bits per heavy atom. The maximum Gasteiger partial charge on any atom is 0.308 e. The molecule has 7 heteroatoms. The van der Waals surface area contributed by atoms with Crippen molar-refractivity contribution in [3.05, 3.63) is 41.9 Å². The highest BCUT2D eigenvalue weighted by Crippen LogP contribution is 2.25. The van der Waals surface area contributed by atoms with Crippen LogP contribution in [0.25, 0.3) is 11.3 Å². The van der Waals surface area contributed by atoms with Gasteiger partial charge in [0.1, 0.15) is 0 Å². The van der Waals surface area contributed by atoms with Gasteiger partial charge in [0.25, 0.3) is 0 Å². The first-order chi connectivity index (χ1) is 13.5. The van der Waals surface area contributed by atoms with Crippen LogP contribution >= 0.6 is 0 Å². The average Bonchev–Trinajstić information content (AvgIpc) is 3.08. The van der Waals surface area contributed by atoms with Crippen LogP contribution in [0.4, 0.5) is 0 Å². The minimum Gasteiger partial charge on any atom is -0.481 e. The summed E-state index contributed by atoms with van der Waals surface area (Å²) in [4.78, 5) is 28.1. The van der Waals surface area contributed by atoms with Gasteiger partial charge in [-0.15, -0.1) is 0 Å². The number of aryl methyl sites for hydroxylation is 2. The quantitative estimate of drug-likeness (QED) is 0.723. The summed E-state index contributed by atoms with van der Waals surface area (Å²) in [6.45, 7) is 3.17. The average molecular weight is 386 g/mol. The minimum absolute atomic E-state index is 0.0365. The summed E-state index contributed by atoms with van der Waals surface area (Å²) >= 11 is 0. The van der Waals surface area contributed by atoms with Crippen LogP contribution in [-0.2, 0) is 20.7 Å². The number of aliphatic carboxylic acids is 1. The fourth-order valence-electron chi connectivity index (χ4n) is 3.52. The number of ether oxygens (including phenoxy) is 1. The standard InChI is InChI=1S/C21H26N2O5/c1-14-20(16-5-3-2-4-6-16)28-19(23-14)8-7-18(24)22-13-17(21(25)26)15-9-11-27-12-10-15/h2-6,15,17H,7-13H2,1H3,(H,22,24)(H,25,26). The third-order valence-electron chi connectivity index (χ3n) is 5.11. The molecular weight excluding hydrogens is 360 g/mol. The van der Waals surface area contributed by atoms with Crippen LogP contribution in [-0.4, -0.2) is 41.7 Å². The van der Waals surface area contributed by atoms with Crippen LogP contribution in [0.1, 0.15) is 30.8 Å². The van der Waals surface area contributed by atoms with Gasteiger partial charge in [-0.05, 0) is 25.7 Å². The number of aromatic nitrogens is 1. The van der Waals surface area contributed by atoms with Gasteiger partial charge in [-0.25, -0.2) is 4.98 Å². The van der Waals surface area contributed by atoms with Gasteiger partial charge in [0.05, 0.1) is 11.6 Å². The molecule has 2 heterocycles. The summed E-state index contributed by atoms with van der Waals surface area (Å²) in [7, 11) is 0. The van der Waals surface area contributed by atoms with Crippen molar-refractivity contribution in [2.75, 3.05) is 19.8 Å². The molecule has 1 saturated heterocycles. The van der Waals surface area contributed by atoms with Gasteiger partial charge in [-0.3, -0.25) is 9.59 Å². The number of rotatable bonds is 8. The first-order valence-electron chi connectivity index (χ1n) is 9.63. The molecule has 3 rings (SSSR count). The number of nitrogens with zero attached hydrogens (tertiary/aromatic N) is 1. The van der Waals surface area contributed by atoms with Gasteiger partial charge in [0, 0.05) is 38.2 Å². The predicted octanol–water partition coefficient (Wildman–Crippen LogP) is 2.83. The highest BCUT2D eigenvalue weighted by molar-refractivity contribution is 5.77. The summed E-state index contributed by atoms with van der Waals surface area (Å²) < 4.78 is 11.1. The Bertz CT molecular complexity index is 796. The van der Waals surface area contributed by atoms with Crippen LogP contribution in [0, 0.1) is 18.8 Å². The Morgan fingerprint density at radius 2 is 1.96 bits per heavy atom. The smallest absolute Gasteiger partial charge is 0.308 e. The van der Waals surface area contributed by atoms with Crippen molar-refractivity contribution in [2.45, 2.75) is 32.6 Å². The molecule has 0 radical (unpaired) electrons. The molecule has 1 amide bonds. The van der Waals surface area contributed by atoms with E-state index in [-0.39, 0.29) is 24.8 Å². The second-order valence-electron chi connectivity index (χ2n) is 7.09. The van der Waals surface area contributed by atoms with Crippen LogP contribution in [0.5, 0.6) is 0 Å². The summed E-state index contributed by atoms with van der Waals surface area (Å²) in [6.07, 6.45) is 2.00. The molecule has 7 nitrogen and oxygen atoms in total. The van der Waals surface area contributed by atoms with Crippen LogP contribution in [0.2, 0.25) is 0 Å². The fourth-order valence-corrected chi connectivity index (χ4v) is 3.52. The normalized spacial score (nSPS) is 15.9. The Labute approximate surface area is 164 Å². The molecule has 0 spiro atoms. The lowest BCUT2D eigenvalue weighted by atomic mass is 9.86. The molecular formula is C21H26N2O5. The Kier molecular flexibility index (Phi) is 6.81. The Hall–Kier alpha value is -2.67. The molecule has 1 aromatic heterocycles. The van der Waals surface area contributed by atoms with Gasteiger partial charge in [-0.2, -0.15) is 0 Å². The number of carbonyl (C=O) groups is 2. The number of oxazole rings is 1. The van der Waals surface area contributed by atoms with Crippen molar-refractivity contribution in [3.63, 3.8) is 0 Å². The number of benzene rings is 1.